The van der Waals surface area contributed by atoms with Crippen LogP contribution in [0.15, 0.2) is 59.0 Å². The third-order valence-corrected chi connectivity index (χ3v) is 6.23. The molecule has 1 saturated heterocycles. The number of non-ortho nitro benzene ring substituents is 1. The van der Waals surface area contributed by atoms with Gasteiger partial charge in [0.2, 0.25) is 0 Å². The van der Waals surface area contributed by atoms with E-state index < -0.39 is 4.92 Å². The molecule has 3 heterocycles. The average molecular weight is 473 g/mol. The number of hydrogen-bond donors (Lipinski definition) is 2. The zero-order valence-corrected chi connectivity index (χ0v) is 19.0. The summed E-state index contributed by atoms with van der Waals surface area (Å²) in [7, 11) is 0. The fourth-order valence-corrected chi connectivity index (χ4v) is 4.41. The molecular formula is C26H24N4O5. The highest BCUT2D eigenvalue weighted by Gasteiger charge is 2.26. The van der Waals surface area contributed by atoms with Gasteiger partial charge in [0.05, 0.1) is 10.5 Å². The Balaban J connectivity index is 1.32. The molecular weight excluding hydrogens is 448 g/mol. The minimum atomic E-state index is -0.499. The number of rotatable bonds is 7. The maximum Gasteiger partial charge on any atom is 0.270 e. The highest BCUT2D eigenvalue weighted by Crippen LogP contribution is 2.36. The standard InChI is InChI=1S/C26H24N4O5/c31-25(27-10-13-29-11-1-2-12-29)18-5-3-4-17(14-18)24-9-7-20(35-24)16-22-21-15-19(30(33)34)6-8-23(21)28-26(22)32/h3-9,14-16H,1-2,10-13H2,(H,27,31)(H,28,32)/b22-16+. The van der Waals surface area contributed by atoms with E-state index in [1.165, 1.54) is 31.0 Å². The van der Waals surface area contributed by atoms with Crippen LogP contribution in [0.2, 0.25) is 0 Å². The van der Waals surface area contributed by atoms with E-state index in [0.717, 1.165) is 25.2 Å². The molecule has 2 aromatic carbocycles. The summed E-state index contributed by atoms with van der Waals surface area (Å²) in [6.45, 7) is 3.63. The number of furan rings is 1. The molecule has 2 aliphatic heterocycles. The van der Waals surface area contributed by atoms with Gasteiger partial charge in [-0.1, -0.05) is 12.1 Å². The molecule has 9 heteroatoms. The molecule has 9 nitrogen and oxygen atoms in total. The van der Waals surface area contributed by atoms with Gasteiger partial charge in [-0.2, -0.15) is 0 Å². The number of amides is 2. The third-order valence-electron chi connectivity index (χ3n) is 6.23. The van der Waals surface area contributed by atoms with Gasteiger partial charge < -0.3 is 20.0 Å². The minimum Gasteiger partial charge on any atom is -0.457 e. The van der Waals surface area contributed by atoms with Crippen LogP contribution >= 0.6 is 0 Å². The lowest BCUT2D eigenvalue weighted by atomic mass is 10.1. The lowest BCUT2D eigenvalue weighted by Gasteiger charge is -2.14. The Morgan fingerprint density at radius 2 is 1.97 bits per heavy atom. The van der Waals surface area contributed by atoms with Crippen molar-refractivity contribution in [1.82, 2.24) is 10.2 Å². The fraction of sp³-hybridized carbons (Fsp3) is 0.231. The smallest absolute Gasteiger partial charge is 0.270 e. The van der Waals surface area contributed by atoms with Gasteiger partial charge in [-0.25, -0.2) is 0 Å². The quantitative estimate of drug-likeness (QED) is 0.303. The van der Waals surface area contributed by atoms with Crippen LogP contribution in [0, 0.1) is 10.1 Å². The molecule has 0 saturated carbocycles. The van der Waals surface area contributed by atoms with Crippen molar-refractivity contribution in [1.29, 1.82) is 0 Å². The molecule has 1 aromatic heterocycles. The Bertz CT molecular complexity index is 1340. The molecule has 2 amide bonds. The van der Waals surface area contributed by atoms with Crippen LogP contribution in [0.1, 0.15) is 34.5 Å². The molecule has 0 aliphatic carbocycles. The summed E-state index contributed by atoms with van der Waals surface area (Å²) in [6.07, 6.45) is 3.99. The van der Waals surface area contributed by atoms with Gasteiger partial charge in [-0.3, -0.25) is 19.7 Å². The van der Waals surface area contributed by atoms with Gasteiger partial charge >= 0.3 is 0 Å². The van der Waals surface area contributed by atoms with Gasteiger partial charge in [-0.05, 0) is 62.3 Å². The Morgan fingerprint density at radius 1 is 1.14 bits per heavy atom. The minimum absolute atomic E-state index is 0.0956. The summed E-state index contributed by atoms with van der Waals surface area (Å²) in [6, 6.07) is 14.9. The Hall–Kier alpha value is -4.24. The van der Waals surface area contributed by atoms with E-state index in [-0.39, 0.29) is 23.1 Å². The number of nitrogens with zero attached hydrogens (tertiary/aromatic N) is 2. The molecule has 5 rings (SSSR count). The number of hydrogen-bond acceptors (Lipinski definition) is 6. The Kier molecular flexibility index (Phi) is 6.15. The number of nitrogens with one attached hydrogen (secondary N) is 2. The molecule has 1 fully saturated rings. The van der Waals surface area contributed by atoms with Crippen LogP contribution in [0.3, 0.4) is 0 Å². The van der Waals surface area contributed by atoms with Gasteiger partial charge in [0, 0.05) is 47.6 Å². The van der Waals surface area contributed by atoms with Crippen LogP contribution < -0.4 is 10.6 Å². The second-order valence-corrected chi connectivity index (χ2v) is 8.59. The summed E-state index contributed by atoms with van der Waals surface area (Å²) >= 11 is 0. The summed E-state index contributed by atoms with van der Waals surface area (Å²) in [5.74, 6) is 0.470. The van der Waals surface area contributed by atoms with Crippen molar-refractivity contribution < 1.29 is 18.9 Å². The fourth-order valence-electron chi connectivity index (χ4n) is 4.41. The first kappa shape index (κ1) is 22.5. The SMILES string of the molecule is O=C1Nc2ccc([N+](=O)[O-])cc2/C1=C\c1ccc(-c2cccc(C(=O)NCCN3CCCC3)c2)o1. The van der Waals surface area contributed by atoms with Crippen molar-refractivity contribution in [3.63, 3.8) is 0 Å². The molecule has 0 spiro atoms. The van der Waals surface area contributed by atoms with Crippen LogP contribution in [0.5, 0.6) is 0 Å². The van der Waals surface area contributed by atoms with E-state index >= 15 is 0 Å². The molecule has 178 valence electrons. The zero-order valence-electron chi connectivity index (χ0n) is 19.0. The molecule has 2 aliphatic rings. The first-order valence-corrected chi connectivity index (χ1v) is 11.5. The first-order chi connectivity index (χ1) is 17.0. The topological polar surface area (TPSA) is 118 Å². The maximum absolute atomic E-state index is 12.6. The average Bonchev–Trinajstić information content (AvgIpc) is 3.60. The molecule has 2 N–H and O–H groups in total. The predicted molar refractivity (Wildman–Crippen MR) is 132 cm³/mol. The van der Waals surface area contributed by atoms with E-state index in [1.807, 2.05) is 6.07 Å². The second-order valence-electron chi connectivity index (χ2n) is 8.59. The van der Waals surface area contributed by atoms with E-state index in [1.54, 1.807) is 36.4 Å². The number of benzene rings is 2. The van der Waals surface area contributed by atoms with Gasteiger partial charge in [0.15, 0.2) is 0 Å². The van der Waals surface area contributed by atoms with Crippen molar-refractivity contribution >= 4 is 34.8 Å². The lowest BCUT2D eigenvalue weighted by molar-refractivity contribution is -0.384. The monoisotopic (exact) mass is 472 g/mol. The normalized spacial score (nSPS) is 16.3. The highest BCUT2D eigenvalue weighted by atomic mass is 16.6. The number of fused-ring (bicyclic) bond motifs is 1. The molecule has 0 unspecified atom stereocenters. The number of anilines is 1. The third kappa shape index (κ3) is 4.85. The summed E-state index contributed by atoms with van der Waals surface area (Å²) in [4.78, 5) is 38.0. The summed E-state index contributed by atoms with van der Waals surface area (Å²) in [5, 5.41) is 16.8. The predicted octanol–water partition coefficient (Wildman–Crippen LogP) is 4.17. The lowest BCUT2D eigenvalue weighted by Crippen LogP contribution is -2.33. The number of nitro benzene ring substituents is 1. The van der Waals surface area contributed by atoms with E-state index in [0.29, 0.717) is 34.9 Å². The Labute approximate surface area is 201 Å². The van der Waals surface area contributed by atoms with Gasteiger partial charge in [0.25, 0.3) is 17.5 Å². The largest absolute Gasteiger partial charge is 0.457 e. The molecule has 0 atom stereocenters. The number of nitro groups is 1. The van der Waals surface area contributed by atoms with Crippen LogP contribution in [0.4, 0.5) is 11.4 Å². The van der Waals surface area contributed by atoms with Crippen LogP contribution in [-0.4, -0.2) is 47.8 Å². The van der Waals surface area contributed by atoms with Crippen molar-refractivity contribution in [2.45, 2.75) is 12.8 Å². The van der Waals surface area contributed by atoms with Crippen LogP contribution in [0.25, 0.3) is 23.0 Å². The van der Waals surface area contributed by atoms with E-state index in [9.17, 15) is 19.7 Å². The number of likely N-dealkylation sites (tertiary alicyclic amines) is 1. The number of carbonyl (C=O) groups is 2. The van der Waals surface area contributed by atoms with Crippen molar-refractivity contribution in [2.24, 2.45) is 0 Å². The maximum atomic E-state index is 12.6. The molecule has 35 heavy (non-hydrogen) atoms. The van der Waals surface area contributed by atoms with Crippen LogP contribution in [-0.2, 0) is 4.79 Å². The van der Waals surface area contributed by atoms with E-state index in [2.05, 4.69) is 15.5 Å². The number of carbonyl (C=O) groups excluding carboxylic acids is 2. The molecule has 0 bridgehead atoms. The second kappa shape index (κ2) is 9.55. The summed E-state index contributed by atoms with van der Waals surface area (Å²) in [5.41, 5.74) is 2.43. The van der Waals surface area contributed by atoms with Crippen molar-refractivity contribution in [3.05, 3.63) is 81.6 Å². The van der Waals surface area contributed by atoms with Gasteiger partial charge in [0.1, 0.15) is 11.5 Å². The Morgan fingerprint density at radius 3 is 2.77 bits per heavy atom. The zero-order chi connectivity index (χ0) is 24.4. The highest BCUT2D eigenvalue weighted by molar-refractivity contribution is 6.34. The molecule has 0 radical (unpaired) electrons. The van der Waals surface area contributed by atoms with Crippen molar-refractivity contribution in [2.75, 3.05) is 31.5 Å². The first-order valence-electron chi connectivity index (χ1n) is 11.5. The molecule has 3 aromatic rings. The van der Waals surface area contributed by atoms with Gasteiger partial charge in [-0.15, -0.1) is 0 Å². The van der Waals surface area contributed by atoms with E-state index in [4.69, 9.17) is 4.42 Å². The van der Waals surface area contributed by atoms with Crippen molar-refractivity contribution in [3.8, 4) is 11.3 Å². The summed E-state index contributed by atoms with van der Waals surface area (Å²) < 4.78 is 5.93.